The number of ether oxygens (including phenoxy) is 1. The summed E-state index contributed by atoms with van der Waals surface area (Å²) < 4.78 is 6.31. The third-order valence-corrected chi connectivity index (χ3v) is 4.47. The van der Waals surface area contributed by atoms with Crippen molar-refractivity contribution in [3.63, 3.8) is 0 Å². The molecule has 0 bridgehead atoms. The van der Waals surface area contributed by atoms with Crippen LogP contribution in [0.15, 0.2) is 22.7 Å². The molecule has 0 spiro atoms. The summed E-state index contributed by atoms with van der Waals surface area (Å²) in [5.74, 6) is 2.63. The van der Waals surface area contributed by atoms with Crippen LogP contribution in [0.5, 0.6) is 5.75 Å². The van der Waals surface area contributed by atoms with Crippen LogP contribution >= 0.6 is 27.7 Å². The van der Waals surface area contributed by atoms with Crippen LogP contribution in [-0.2, 0) is 11.3 Å². The number of carbonyl (C=O) groups is 1. The first-order valence-corrected chi connectivity index (χ1v) is 7.95. The first kappa shape index (κ1) is 14.7. The highest BCUT2D eigenvalue weighted by atomic mass is 79.9. The van der Waals surface area contributed by atoms with Crippen molar-refractivity contribution in [3.8, 4) is 5.75 Å². The Labute approximate surface area is 126 Å². The molecule has 4 nitrogen and oxygen atoms in total. The van der Waals surface area contributed by atoms with E-state index in [-0.39, 0.29) is 11.9 Å². The average Bonchev–Trinajstić information content (AvgIpc) is 2.92. The summed E-state index contributed by atoms with van der Waals surface area (Å²) in [6, 6.07) is 5.76. The van der Waals surface area contributed by atoms with E-state index in [1.54, 1.807) is 23.8 Å². The zero-order chi connectivity index (χ0) is 13.8. The Morgan fingerprint density at radius 1 is 1.63 bits per heavy atom. The summed E-state index contributed by atoms with van der Waals surface area (Å²) in [4.78, 5) is 14.0. The number of thioether (sulfide) groups is 1. The minimum absolute atomic E-state index is 0.0619. The lowest BCUT2D eigenvalue weighted by molar-refractivity contribution is -0.131. The van der Waals surface area contributed by atoms with Gasteiger partial charge in [0.1, 0.15) is 5.75 Å². The first-order valence-electron chi connectivity index (χ1n) is 6.00. The standard InChI is InChI=1S/C13H17BrN2O2S/c1-16(13(17)11-7-19-8-15-11)6-9-5-10(14)3-4-12(9)18-2/h3-5,11,15H,6-8H2,1-2H3. The second kappa shape index (κ2) is 6.63. The molecular weight excluding hydrogens is 328 g/mol. The lowest BCUT2D eigenvalue weighted by Gasteiger charge is -2.22. The molecule has 1 aromatic carbocycles. The van der Waals surface area contributed by atoms with Crippen LogP contribution in [0.25, 0.3) is 0 Å². The summed E-state index contributed by atoms with van der Waals surface area (Å²) >= 11 is 5.20. The molecule has 1 aliphatic heterocycles. The summed E-state index contributed by atoms with van der Waals surface area (Å²) in [5.41, 5.74) is 0.998. The molecule has 1 atom stereocenters. The van der Waals surface area contributed by atoms with E-state index in [1.165, 1.54) is 0 Å². The maximum Gasteiger partial charge on any atom is 0.240 e. The van der Waals surface area contributed by atoms with E-state index in [4.69, 9.17) is 4.74 Å². The van der Waals surface area contributed by atoms with Crippen molar-refractivity contribution in [2.24, 2.45) is 0 Å². The number of benzene rings is 1. The number of nitrogens with one attached hydrogen (secondary N) is 1. The quantitative estimate of drug-likeness (QED) is 0.907. The van der Waals surface area contributed by atoms with Crippen molar-refractivity contribution in [1.82, 2.24) is 10.2 Å². The van der Waals surface area contributed by atoms with Crippen LogP contribution in [0.4, 0.5) is 0 Å². The topological polar surface area (TPSA) is 41.6 Å². The molecule has 1 saturated heterocycles. The Kier molecular flexibility index (Phi) is 5.13. The van der Waals surface area contributed by atoms with Crippen LogP contribution in [0, 0.1) is 0 Å². The van der Waals surface area contributed by atoms with E-state index in [0.29, 0.717) is 6.54 Å². The fourth-order valence-electron chi connectivity index (χ4n) is 2.02. The molecule has 0 aliphatic carbocycles. The molecule has 1 unspecified atom stereocenters. The molecule has 104 valence electrons. The molecule has 1 N–H and O–H groups in total. The second-order valence-electron chi connectivity index (χ2n) is 4.42. The van der Waals surface area contributed by atoms with Gasteiger partial charge in [-0.05, 0) is 18.2 Å². The van der Waals surface area contributed by atoms with Crippen LogP contribution in [0.1, 0.15) is 5.56 Å². The van der Waals surface area contributed by atoms with Crippen LogP contribution < -0.4 is 10.1 Å². The summed E-state index contributed by atoms with van der Waals surface area (Å²) in [6.45, 7) is 0.546. The number of nitrogens with zero attached hydrogens (tertiary/aromatic N) is 1. The van der Waals surface area contributed by atoms with Gasteiger partial charge in [-0.15, -0.1) is 11.8 Å². The Hall–Kier alpha value is -0.720. The van der Waals surface area contributed by atoms with Crippen molar-refractivity contribution in [1.29, 1.82) is 0 Å². The number of halogens is 1. The fraction of sp³-hybridized carbons (Fsp3) is 0.462. The second-order valence-corrected chi connectivity index (χ2v) is 6.37. The number of amides is 1. The predicted octanol–water partition coefficient (Wildman–Crippen LogP) is 2.08. The molecule has 6 heteroatoms. The predicted molar refractivity (Wildman–Crippen MR) is 81.4 cm³/mol. The molecule has 2 rings (SSSR count). The van der Waals surface area contributed by atoms with Gasteiger partial charge in [0.2, 0.25) is 5.91 Å². The lowest BCUT2D eigenvalue weighted by atomic mass is 10.2. The SMILES string of the molecule is COc1ccc(Br)cc1CN(C)C(=O)C1CSCN1. The van der Waals surface area contributed by atoms with Gasteiger partial charge in [0, 0.05) is 35.3 Å². The first-order chi connectivity index (χ1) is 9.11. The monoisotopic (exact) mass is 344 g/mol. The van der Waals surface area contributed by atoms with Crippen LogP contribution in [0.3, 0.4) is 0 Å². The molecule has 0 saturated carbocycles. The molecule has 0 aromatic heterocycles. The van der Waals surface area contributed by atoms with Gasteiger partial charge in [0.15, 0.2) is 0 Å². The van der Waals surface area contributed by atoms with E-state index >= 15 is 0 Å². The molecule has 1 amide bonds. The Morgan fingerprint density at radius 3 is 3.05 bits per heavy atom. The van der Waals surface area contributed by atoms with Crippen molar-refractivity contribution in [2.45, 2.75) is 12.6 Å². The van der Waals surface area contributed by atoms with Crippen molar-refractivity contribution < 1.29 is 9.53 Å². The van der Waals surface area contributed by atoms with Gasteiger partial charge >= 0.3 is 0 Å². The molecular formula is C13H17BrN2O2S. The third kappa shape index (κ3) is 3.64. The van der Waals surface area contributed by atoms with Gasteiger partial charge in [0.05, 0.1) is 13.2 Å². The van der Waals surface area contributed by atoms with Crippen molar-refractivity contribution in [2.75, 3.05) is 25.8 Å². The number of rotatable bonds is 4. The van der Waals surface area contributed by atoms with Gasteiger partial charge in [-0.1, -0.05) is 15.9 Å². The van der Waals surface area contributed by atoms with Gasteiger partial charge in [-0.25, -0.2) is 0 Å². The number of likely N-dealkylation sites (N-methyl/N-ethyl adjacent to an activating group) is 1. The van der Waals surface area contributed by atoms with Gasteiger partial charge in [-0.2, -0.15) is 0 Å². The van der Waals surface area contributed by atoms with Crippen molar-refractivity contribution >= 4 is 33.6 Å². The van der Waals surface area contributed by atoms with Gasteiger partial charge < -0.3 is 9.64 Å². The largest absolute Gasteiger partial charge is 0.496 e. The Balaban J connectivity index is 2.07. The van der Waals surface area contributed by atoms with E-state index in [1.807, 2.05) is 25.2 Å². The van der Waals surface area contributed by atoms with E-state index in [9.17, 15) is 4.79 Å². The highest BCUT2D eigenvalue weighted by molar-refractivity contribution is 9.10. The minimum atomic E-state index is -0.0619. The van der Waals surface area contributed by atoms with Crippen LogP contribution in [-0.4, -0.2) is 42.6 Å². The number of hydrogen-bond acceptors (Lipinski definition) is 4. The highest BCUT2D eigenvalue weighted by Crippen LogP contribution is 2.24. The molecule has 0 radical (unpaired) electrons. The highest BCUT2D eigenvalue weighted by Gasteiger charge is 2.25. The molecule has 1 heterocycles. The molecule has 1 aromatic rings. The maximum absolute atomic E-state index is 12.2. The Bertz CT molecular complexity index is 464. The number of carbonyl (C=O) groups excluding carboxylic acids is 1. The van der Waals surface area contributed by atoms with Crippen LogP contribution in [0.2, 0.25) is 0 Å². The van der Waals surface area contributed by atoms with E-state index in [0.717, 1.165) is 27.4 Å². The summed E-state index contributed by atoms with van der Waals surface area (Å²) in [7, 11) is 3.47. The van der Waals surface area contributed by atoms with E-state index in [2.05, 4.69) is 21.2 Å². The normalized spacial score (nSPS) is 18.4. The van der Waals surface area contributed by atoms with Gasteiger partial charge in [0.25, 0.3) is 0 Å². The maximum atomic E-state index is 12.2. The number of hydrogen-bond donors (Lipinski definition) is 1. The zero-order valence-electron chi connectivity index (χ0n) is 11.0. The minimum Gasteiger partial charge on any atom is -0.496 e. The average molecular weight is 345 g/mol. The van der Waals surface area contributed by atoms with E-state index < -0.39 is 0 Å². The zero-order valence-corrected chi connectivity index (χ0v) is 13.4. The van der Waals surface area contributed by atoms with Crippen molar-refractivity contribution in [3.05, 3.63) is 28.2 Å². The molecule has 19 heavy (non-hydrogen) atoms. The third-order valence-electron chi connectivity index (χ3n) is 3.04. The molecule has 1 fully saturated rings. The lowest BCUT2D eigenvalue weighted by Crippen LogP contribution is -2.42. The fourth-order valence-corrected chi connectivity index (χ4v) is 3.37. The number of methoxy groups -OCH3 is 1. The summed E-state index contributed by atoms with van der Waals surface area (Å²) in [6.07, 6.45) is 0. The summed E-state index contributed by atoms with van der Waals surface area (Å²) in [5, 5.41) is 3.19. The Morgan fingerprint density at radius 2 is 2.42 bits per heavy atom. The van der Waals surface area contributed by atoms with Gasteiger partial charge in [-0.3, -0.25) is 10.1 Å². The smallest absolute Gasteiger partial charge is 0.240 e. The molecule has 1 aliphatic rings.